The number of unbranched alkanes of at least 4 members (excludes halogenated alkanes) is 23. The lowest BCUT2D eigenvalue weighted by molar-refractivity contribution is -0.167. The van der Waals surface area contributed by atoms with E-state index in [1.54, 1.807) is 0 Å². The molecule has 0 aliphatic rings. The fraction of sp³-hybridized carbons (Fsp3) is 0.694. The van der Waals surface area contributed by atoms with E-state index >= 15 is 0 Å². The molecule has 0 saturated carbocycles. The smallest absolute Gasteiger partial charge is 0.306 e. The number of hydrogen-bond donors (Lipinski definition) is 0. The van der Waals surface area contributed by atoms with Crippen molar-refractivity contribution in [3.63, 3.8) is 0 Å². The molecule has 68 heavy (non-hydrogen) atoms. The Balaban J connectivity index is 4.49. The molecular weight excluding hydrogens is 841 g/mol. The highest BCUT2D eigenvalue weighted by Crippen LogP contribution is 2.15. The van der Waals surface area contributed by atoms with Gasteiger partial charge in [0.2, 0.25) is 0 Å². The minimum absolute atomic E-state index is 0.106. The molecule has 0 spiro atoms. The Labute approximate surface area is 419 Å². The van der Waals surface area contributed by atoms with Gasteiger partial charge in [-0.3, -0.25) is 14.4 Å². The summed E-state index contributed by atoms with van der Waals surface area (Å²) in [5.74, 6) is -0.969. The molecule has 0 radical (unpaired) electrons. The van der Waals surface area contributed by atoms with Crippen molar-refractivity contribution in [2.24, 2.45) is 0 Å². The molecule has 388 valence electrons. The zero-order valence-corrected chi connectivity index (χ0v) is 44.3. The average Bonchev–Trinajstić information content (AvgIpc) is 3.34. The van der Waals surface area contributed by atoms with Crippen molar-refractivity contribution in [1.29, 1.82) is 0 Å². The zero-order chi connectivity index (χ0) is 49.3. The van der Waals surface area contributed by atoms with Crippen LogP contribution in [0.25, 0.3) is 0 Å². The van der Waals surface area contributed by atoms with Crippen molar-refractivity contribution in [3.8, 4) is 0 Å². The third-order valence-corrected chi connectivity index (χ3v) is 11.8. The normalized spacial score (nSPS) is 12.8. The lowest BCUT2D eigenvalue weighted by Gasteiger charge is -2.18. The summed E-state index contributed by atoms with van der Waals surface area (Å²) in [4.78, 5) is 38.1. The maximum Gasteiger partial charge on any atom is 0.306 e. The highest BCUT2D eigenvalue weighted by molar-refractivity contribution is 5.71. The minimum atomic E-state index is -0.806. The van der Waals surface area contributed by atoms with Gasteiger partial charge in [0.1, 0.15) is 13.2 Å². The molecule has 0 aromatic heterocycles. The zero-order valence-electron chi connectivity index (χ0n) is 44.3. The third-order valence-electron chi connectivity index (χ3n) is 11.8. The Hall–Kier alpha value is -3.67. The van der Waals surface area contributed by atoms with Gasteiger partial charge in [-0.25, -0.2) is 0 Å². The van der Waals surface area contributed by atoms with Gasteiger partial charge in [0, 0.05) is 19.3 Å². The summed E-state index contributed by atoms with van der Waals surface area (Å²) in [7, 11) is 0. The van der Waals surface area contributed by atoms with Crippen molar-refractivity contribution < 1.29 is 28.6 Å². The predicted molar refractivity (Wildman–Crippen MR) is 293 cm³/mol. The lowest BCUT2D eigenvalue weighted by Crippen LogP contribution is -2.30. The summed E-state index contributed by atoms with van der Waals surface area (Å²) in [5.41, 5.74) is 0. The van der Waals surface area contributed by atoms with Crippen LogP contribution in [-0.2, 0) is 28.6 Å². The molecule has 0 amide bonds. The highest BCUT2D eigenvalue weighted by atomic mass is 16.6. The molecule has 0 aromatic carbocycles. The Bertz CT molecular complexity index is 1360. The highest BCUT2D eigenvalue weighted by Gasteiger charge is 2.19. The largest absolute Gasteiger partial charge is 0.462 e. The van der Waals surface area contributed by atoms with Crippen LogP contribution in [0.4, 0.5) is 0 Å². The SMILES string of the molecule is CC/C=C\C/C=C\C/C=C\C/C=C\C/C=C\CCCCCC(=O)OC[C@@H](COC(=O)CCCC/C=C\C/C=C\C/C=C\CCCCC)OC(=O)CCCCCCCCCCCCCCCCCC. The molecule has 0 saturated heterocycles. The van der Waals surface area contributed by atoms with Gasteiger partial charge in [0.25, 0.3) is 0 Å². The number of hydrogen-bond acceptors (Lipinski definition) is 6. The fourth-order valence-electron chi connectivity index (χ4n) is 7.59. The van der Waals surface area contributed by atoms with Crippen LogP contribution in [-0.4, -0.2) is 37.2 Å². The van der Waals surface area contributed by atoms with Gasteiger partial charge in [0.15, 0.2) is 6.10 Å². The van der Waals surface area contributed by atoms with Crippen molar-refractivity contribution in [3.05, 3.63) is 97.2 Å². The second kappa shape index (κ2) is 55.9. The van der Waals surface area contributed by atoms with Crippen LogP contribution < -0.4 is 0 Å². The third kappa shape index (κ3) is 53.3. The molecule has 0 heterocycles. The second-order valence-corrected chi connectivity index (χ2v) is 18.5. The van der Waals surface area contributed by atoms with E-state index in [9.17, 15) is 14.4 Å². The number of rotatable bonds is 50. The van der Waals surface area contributed by atoms with E-state index in [4.69, 9.17) is 14.2 Å². The minimum Gasteiger partial charge on any atom is -0.462 e. The number of allylic oxidation sites excluding steroid dienone is 16. The van der Waals surface area contributed by atoms with E-state index in [2.05, 4.69) is 118 Å². The summed E-state index contributed by atoms with van der Waals surface area (Å²) < 4.78 is 16.8. The molecule has 6 heteroatoms. The molecule has 0 unspecified atom stereocenters. The maximum atomic E-state index is 12.8. The van der Waals surface area contributed by atoms with Crippen LogP contribution in [0.1, 0.15) is 258 Å². The number of carbonyl (C=O) groups is 3. The molecule has 6 nitrogen and oxygen atoms in total. The molecule has 0 aliphatic carbocycles. The van der Waals surface area contributed by atoms with Crippen LogP contribution in [0.3, 0.4) is 0 Å². The predicted octanol–water partition coefficient (Wildman–Crippen LogP) is 18.9. The first-order valence-corrected chi connectivity index (χ1v) is 28.2. The topological polar surface area (TPSA) is 78.9 Å². The average molecular weight is 946 g/mol. The van der Waals surface area contributed by atoms with Gasteiger partial charge < -0.3 is 14.2 Å². The van der Waals surface area contributed by atoms with E-state index < -0.39 is 6.10 Å². The van der Waals surface area contributed by atoms with Crippen LogP contribution in [0.15, 0.2) is 97.2 Å². The van der Waals surface area contributed by atoms with E-state index in [0.717, 1.165) is 109 Å². The lowest BCUT2D eigenvalue weighted by atomic mass is 10.0. The van der Waals surface area contributed by atoms with Gasteiger partial charge in [-0.15, -0.1) is 0 Å². The molecule has 0 fully saturated rings. The first-order valence-electron chi connectivity index (χ1n) is 28.2. The second-order valence-electron chi connectivity index (χ2n) is 18.5. The molecule has 0 rings (SSSR count). The van der Waals surface area contributed by atoms with Gasteiger partial charge >= 0.3 is 17.9 Å². The summed E-state index contributed by atoms with van der Waals surface area (Å²) in [6.07, 6.45) is 73.9. The van der Waals surface area contributed by atoms with Gasteiger partial charge in [-0.05, 0) is 103 Å². The molecule has 1 atom stereocenters. The van der Waals surface area contributed by atoms with Crippen LogP contribution in [0, 0.1) is 0 Å². The quantitative estimate of drug-likeness (QED) is 0.0262. The van der Waals surface area contributed by atoms with E-state index in [0.29, 0.717) is 19.3 Å². The molecule has 0 aliphatic heterocycles. The van der Waals surface area contributed by atoms with E-state index in [1.807, 2.05) is 0 Å². The Morgan fingerprint density at radius 1 is 0.309 bits per heavy atom. The fourth-order valence-corrected chi connectivity index (χ4v) is 7.59. The number of carbonyl (C=O) groups excluding carboxylic acids is 3. The van der Waals surface area contributed by atoms with E-state index in [1.165, 1.54) is 109 Å². The maximum absolute atomic E-state index is 12.8. The number of ether oxygens (including phenoxy) is 3. The van der Waals surface area contributed by atoms with Gasteiger partial charge in [-0.1, -0.05) is 234 Å². The van der Waals surface area contributed by atoms with E-state index in [-0.39, 0.29) is 31.1 Å². The Morgan fingerprint density at radius 3 is 0.956 bits per heavy atom. The van der Waals surface area contributed by atoms with Crippen LogP contribution >= 0.6 is 0 Å². The van der Waals surface area contributed by atoms with Crippen molar-refractivity contribution in [1.82, 2.24) is 0 Å². The summed E-state index contributed by atoms with van der Waals surface area (Å²) in [6.45, 7) is 6.45. The van der Waals surface area contributed by atoms with Gasteiger partial charge in [-0.2, -0.15) is 0 Å². The molecular formula is C62H104O6. The van der Waals surface area contributed by atoms with Crippen molar-refractivity contribution >= 4 is 17.9 Å². The Kier molecular flexibility index (Phi) is 52.9. The summed E-state index contributed by atoms with van der Waals surface area (Å²) in [6, 6.07) is 0. The molecule has 0 aromatic rings. The Morgan fingerprint density at radius 2 is 0.574 bits per heavy atom. The first-order chi connectivity index (χ1) is 33.5. The standard InChI is InChI=1S/C62H104O6/c1-4-7-10-13-16-19-22-25-28-30-31-32-35-37-40-43-46-49-52-55-61(64)67-58-59(57-66-60(63)54-51-48-45-42-39-36-33-27-24-21-18-15-12-9-6-3)68-62(65)56-53-50-47-44-41-38-34-29-26-23-20-17-14-11-8-5-2/h7,10,16,18-19,21,25,27-28,31-33,37,39-40,42,59H,4-6,8-9,11-15,17,20,22-24,26,29-30,34-36,38,41,43-58H2,1-3H3/b10-7-,19-16-,21-18-,28-25-,32-31-,33-27-,40-37-,42-39-/t59-/m1/s1. The van der Waals surface area contributed by atoms with Crippen LogP contribution in [0.5, 0.6) is 0 Å². The number of esters is 3. The van der Waals surface area contributed by atoms with Crippen LogP contribution in [0.2, 0.25) is 0 Å². The monoisotopic (exact) mass is 945 g/mol. The van der Waals surface area contributed by atoms with Crippen molar-refractivity contribution in [2.45, 2.75) is 264 Å². The first kappa shape index (κ1) is 64.3. The molecule has 0 bridgehead atoms. The van der Waals surface area contributed by atoms with Gasteiger partial charge in [0.05, 0.1) is 0 Å². The summed E-state index contributed by atoms with van der Waals surface area (Å²) >= 11 is 0. The summed E-state index contributed by atoms with van der Waals surface area (Å²) in [5, 5.41) is 0. The molecule has 0 N–H and O–H groups in total. The van der Waals surface area contributed by atoms with Crippen molar-refractivity contribution in [2.75, 3.05) is 13.2 Å².